The summed E-state index contributed by atoms with van der Waals surface area (Å²) in [7, 11) is 1.66. The molecular weight excluding hydrogens is 180 g/mol. The predicted molar refractivity (Wildman–Crippen MR) is 50.2 cm³/mol. The van der Waals surface area contributed by atoms with Gasteiger partial charge in [0.15, 0.2) is 0 Å². The van der Waals surface area contributed by atoms with Crippen molar-refractivity contribution in [3.05, 3.63) is 11.8 Å². The molecule has 0 aromatic rings. The van der Waals surface area contributed by atoms with E-state index in [1.54, 1.807) is 7.11 Å². The molecule has 0 spiro atoms. The van der Waals surface area contributed by atoms with Crippen LogP contribution in [0.4, 0.5) is 0 Å². The lowest BCUT2D eigenvalue weighted by atomic mass is 10.1. The Balaban J connectivity index is 2.19. The van der Waals surface area contributed by atoms with Gasteiger partial charge in [0.05, 0.1) is 12.7 Å². The zero-order valence-electron chi connectivity index (χ0n) is 8.27. The van der Waals surface area contributed by atoms with E-state index in [4.69, 9.17) is 14.7 Å². The van der Waals surface area contributed by atoms with Crippen LogP contribution in [0.25, 0.3) is 0 Å². The minimum atomic E-state index is 0.0176. The lowest BCUT2D eigenvalue weighted by Crippen LogP contribution is -2.46. The molecule has 0 bridgehead atoms. The van der Waals surface area contributed by atoms with Crippen LogP contribution in [0, 0.1) is 11.3 Å². The highest BCUT2D eigenvalue weighted by atomic mass is 16.5. The number of allylic oxidation sites excluding steroid dienone is 1. The summed E-state index contributed by atoms with van der Waals surface area (Å²) in [5.41, 5.74) is 0.688. The van der Waals surface area contributed by atoms with Gasteiger partial charge in [-0.1, -0.05) is 0 Å². The Kier molecular flexibility index (Phi) is 2.71. The second kappa shape index (κ2) is 3.99. The van der Waals surface area contributed by atoms with E-state index in [9.17, 15) is 0 Å². The maximum atomic E-state index is 8.97. The summed E-state index contributed by atoms with van der Waals surface area (Å²) in [4.78, 5) is 2.03. The molecule has 0 aromatic heterocycles. The van der Waals surface area contributed by atoms with Crippen molar-refractivity contribution >= 4 is 0 Å². The van der Waals surface area contributed by atoms with Crippen LogP contribution in [0.2, 0.25) is 0 Å². The zero-order valence-corrected chi connectivity index (χ0v) is 8.27. The number of ether oxygens (including phenoxy) is 2. The fraction of sp³-hybridized carbons (Fsp3) is 0.700. The molecule has 0 saturated carbocycles. The first kappa shape index (κ1) is 9.50. The summed E-state index contributed by atoms with van der Waals surface area (Å²) >= 11 is 0. The van der Waals surface area contributed by atoms with Gasteiger partial charge in [0.25, 0.3) is 0 Å². The molecule has 0 aromatic carbocycles. The molecule has 0 amide bonds. The molecule has 1 fully saturated rings. The second-order valence-electron chi connectivity index (χ2n) is 3.55. The van der Waals surface area contributed by atoms with E-state index in [1.165, 1.54) is 0 Å². The van der Waals surface area contributed by atoms with Crippen LogP contribution in [0.5, 0.6) is 0 Å². The monoisotopic (exact) mass is 194 g/mol. The minimum Gasteiger partial charge on any atom is -0.377 e. The molecule has 1 saturated heterocycles. The van der Waals surface area contributed by atoms with Crippen molar-refractivity contribution in [2.45, 2.75) is 25.2 Å². The van der Waals surface area contributed by atoms with Gasteiger partial charge < -0.3 is 14.4 Å². The van der Waals surface area contributed by atoms with Crippen LogP contribution in [-0.4, -0.2) is 37.5 Å². The first-order valence-electron chi connectivity index (χ1n) is 4.88. The summed E-state index contributed by atoms with van der Waals surface area (Å²) in [5.74, 6) is 0. The van der Waals surface area contributed by atoms with Crippen molar-refractivity contribution in [2.75, 3.05) is 20.3 Å². The number of nitriles is 1. The quantitative estimate of drug-likeness (QED) is 0.621. The molecule has 2 heterocycles. The standard InChI is InChI=1S/C10H14N2O2/c1-13-9-5-8(7-11)12-3-2-4-14-10(12)6-9/h5,9-10H,2-4,6H2,1H3/t9-,10+/m0/s1. The molecule has 2 aliphatic rings. The lowest BCUT2D eigenvalue weighted by molar-refractivity contribution is -0.104. The number of nitrogens with zero attached hydrogens (tertiary/aromatic N) is 2. The fourth-order valence-electron chi connectivity index (χ4n) is 1.96. The third-order valence-corrected chi connectivity index (χ3v) is 2.71. The first-order chi connectivity index (χ1) is 6.85. The van der Waals surface area contributed by atoms with Gasteiger partial charge in [-0.2, -0.15) is 5.26 Å². The third-order valence-electron chi connectivity index (χ3n) is 2.71. The van der Waals surface area contributed by atoms with Crippen molar-refractivity contribution in [2.24, 2.45) is 0 Å². The van der Waals surface area contributed by atoms with E-state index in [1.807, 2.05) is 11.0 Å². The van der Waals surface area contributed by atoms with E-state index in [0.29, 0.717) is 5.70 Å². The smallest absolute Gasteiger partial charge is 0.133 e. The van der Waals surface area contributed by atoms with E-state index < -0.39 is 0 Å². The Labute approximate surface area is 83.7 Å². The predicted octanol–water partition coefficient (Wildman–Crippen LogP) is 0.861. The summed E-state index contributed by atoms with van der Waals surface area (Å²) in [6.45, 7) is 1.71. The summed E-state index contributed by atoms with van der Waals surface area (Å²) in [5, 5.41) is 8.97. The molecule has 0 aliphatic carbocycles. The number of rotatable bonds is 1. The molecule has 0 N–H and O–H groups in total. The molecule has 2 aliphatic heterocycles. The number of hydrogen-bond donors (Lipinski definition) is 0. The molecule has 4 heteroatoms. The minimum absolute atomic E-state index is 0.0176. The number of hydrogen-bond acceptors (Lipinski definition) is 4. The molecule has 2 atom stereocenters. The largest absolute Gasteiger partial charge is 0.377 e. The van der Waals surface area contributed by atoms with Crippen LogP contribution >= 0.6 is 0 Å². The second-order valence-corrected chi connectivity index (χ2v) is 3.55. The number of methoxy groups -OCH3 is 1. The Morgan fingerprint density at radius 3 is 3.29 bits per heavy atom. The molecular formula is C10H14N2O2. The van der Waals surface area contributed by atoms with Crippen LogP contribution in [0.15, 0.2) is 11.8 Å². The molecule has 14 heavy (non-hydrogen) atoms. The Morgan fingerprint density at radius 2 is 2.57 bits per heavy atom. The maximum Gasteiger partial charge on any atom is 0.133 e. The average Bonchev–Trinajstić information content (AvgIpc) is 2.27. The van der Waals surface area contributed by atoms with E-state index >= 15 is 0 Å². The van der Waals surface area contributed by atoms with Gasteiger partial charge in [-0.15, -0.1) is 0 Å². The molecule has 2 rings (SSSR count). The lowest BCUT2D eigenvalue weighted by Gasteiger charge is -2.40. The van der Waals surface area contributed by atoms with E-state index in [0.717, 1.165) is 26.0 Å². The molecule has 76 valence electrons. The number of fused-ring (bicyclic) bond motifs is 1. The van der Waals surface area contributed by atoms with Gasteiger partial charge in [0.2, 0.25) is 0 Å². The van der Waals surface area contributed by atoms with Crippen molar-refractivity contribution < 1.29 is 9.47 Å². The van der Waals surface area contributed by atoms with Gasteiger partial charge >= 0.3 is 0 Å². The average molecular weight is 194 g/mol. The highest BCUT2D eigenvalue weighted by Gasteiger charge is 2.31. The zero-order chi connectivity index (χ0) is 9.97. The highest BCUT2D eigenvalue weighted by Crippen LogP contribution is 2.26. The third kappa shape index (κ3) is 1.61. The normalized spacial score (nSPS) is 31.7. The van der Waals surface area contributed by atoms with Gasteiger partial charge in [-0.3, -0.25) is 0 Å². The van der Waals surface area contributed by atoms with Crippen molar-refractivity contribution in [3.63, 3.8) is 0 Å². The van der Waals surface area contributed by atoms with Crippen LogP contribution < -0.4 is 0 Å². The highest BCUT2D eigenvalue weighted by molar-refractivity contribution is 5.24. The molecule has 4 nitrogen and oxygen atoms in total. The van der Waals surface area contributed by atoms with Crippen molar-refractivity contribution in [1.29, 1.82) is 5.26 Å². The van der Waals surface area contributed by atoms with Crippen LogP contribution in [0.3, 0.4) is 0 Å². The van der Waals surface area contributed by atoms with Crippen molar-refractivity contribution in [1.82, 2.24) is 4.90 Å². The van der Waals surface area contributed by atoms with E-state index in [2.05, 4.69) is 6.07 Å². The SMILES string of the molecule is CO[C@H]1C=C(C#N)N2CCCO[C@@H]2C1. The first-order valence-corrected chi connectivity index (χ1v) is 4.88. The van der Waals surface area contributed by atoms with Gasteiger partial charge in [0, 0.05) is 20.1 Å². The fourth-order valence-corrected chi connectivity index (χ4v) is 1.96. The van der Waals surface area contributed by atoms with Crippen molar-refractivity contribution in [3.8, 4) is 6.07 Å². The topological polar surface area (TPSA) is 45.5 Å². The van der Waals surface area contributed by atoms with Gasteiger partial charge in [-0.05, 0) is 12.5 Å². The summed E-state index contributed by atoms with van der Waals surface area (Å²) < 4.78 is 10.8. The van der Waals surface area contributed by atoms with Crippen LogP contribution in [0.1, 0.15) is 12.8 Å². The van der Waals surface area contributed by atoms with Gasteiger partial charge in [0.1, 0.15) is 18.0 Å². The van der Waals surface area contributed by atoms with E-state index in [-0.39, 0.29) is 12.3 Å². The molecule has 0 unspecified atom stereocenters. The van der Waals surface area contributed by atoms with Gasteiger partial charge in [-0.25, -0.2) is 0 Å². The Morgan fingerprint density at radius 1 is 1.71 bits per heavy atom. The Hall–Kier alpha value is -1.05. The summed E-state index contributed by atoms with van der Waals surface area (Å²) in [6.07, 6.45) is 3.75. The Bertz CT molecular complexity index is 282. The summed E-state index contributed by atoms with van der Waals surface area (Å²) in [6, 6.07) is 2.19. The maximum absolute atomic E-state index is 8.97. The molecule has 0 radical (unpaired) electrons. The van der Waals surface area contributed by atoms with Crippen LogP contribution in [-0.2, 0) is 9.47 Å².